The first-order valence-corrected chi connectivity index (χ1v) is 12.2. The highest BCUT2D eigenvalue weighted by Gasteiger charge is 2.43. The van der Waals surface area contributed by atoms with Crippen molar-refractivity contribution in [3.63, 3.8) is 0 Å². The second-order valence-electron chi connectivity index (χ2n) is 9.67. The Bertz CT molecular complexity index is 1140. The van der Waals surface area contributed by atoms with Gasteiger partial charge in [0.25, 0.3) is 5.91 Å². The summed E-state index contributed by atoms with van der Waals surface area (Å²) in [7, 11) is 0. The molecule has 3 aromatic carbocycles. The van der Waals surface area contributed by atoms with E-state index in [0.29, 0.717) is 18.6 Å². The van der Waals surface area contributed by atoms with Crippen LogP contribution in [0.25, 0.3) is 0 Å². The van der Waals surface area contributed by atoms with Crippen LogP contribution in [0.3, 0.4) is 0 Å². The lowest BCUT2D eigenvalue weighted by atomic mass is 9.94. The van der Waals surface area contributed by atoms with Gasteiger partial charge in [-0.15, -0.1) is 0 Å². The first-order valence-electron chi connectivity index (χ1n) is 12.2. The summed E-state index contributed by atoms with van der Waals surface area (Å²) < 4.78 is 40.0. The van der Waals surface area contributed by atoms with Crippen LogP contribution in [0.5, 0.6) is 0 Å². The van der Waals surface area contributed by atoms with E-state index in [-0.39, 0.29) is 17.5 Å². The number of hydrogen-bond donors (Lipinski definition) is 0. The lowest BCUT2D eigenvalue weighted by molar-refractivity contribution is -0.137. The molecule has 2 bridgehead atoms. The molecule has 0 saturated carbocycles. The first kappa shape index (κ1) is 23.6. The Labute approximate surface area is 204 Å². The number of amides is 1. The number of halogens is 3. The Kier molecular flexibility index (Phi) is 6.65. The number of alkyl halides is 3. The van der Waals surface area contributed by atoms with Gasteiger partial charge in [-0.05, 0) is 55.0 Å². The van der Waals surface area contributed by atoms with Crippen LogP contribution >= 0.6 is 0 Å². The average Bonchev–Trinajstić information content (AvgIpc) is 3.09. The summed E-state index contributed by atoms with van der Waals surface area (Å²) in [5.74, 6) is -0.333. The Hall–Kier alpha value is -3.12. The van der Waals surface area contributed by atoms with E-state index in [2.05, 4.69) is 29.2 Å². The van der Waals surface area contributed by atoms with Crippen LogP contribution in [-0.4, -0.2) is 33.8 Å². The molecule has 2 unspecified atom stereocenters. The number of hydrogen-bond acceptors (Lipinski definition) is 2. The quantitative estimate of drug-likeness (QED) is 0.401. The highest BCUT2D eigenvalue weighted by atomic mass is 19.4. The molecule has 0 spiro atoms. The van der Waals surface area contributed by atoms with Gasteiger partial charge in [-0.2, -0.15) is 13.2 Å². The maximum absolute atomic E-state index is 13.7. The van der Waals surface area contributed by atoms with E-state index in [1.807, 2.05) is 41.3 Å². The van der Waals surface area contributed by atoms with E-state index in [0.717, 1.165) is 49.9 Å². The molecule has 0 aliphatic carbocycles. The molecular formula is C29H29F3N2O. The number of rotatable bonds is 6. The fourth-order valence-electron chi connectivity index (χ4n) is 5.69. The highest BCUT2D eigenvalue weighted by molar-refractivity contribution is 5.94. The van der Waals surface area contributed by atoms with E-state index in [4.69, 9.17) is 0 Å². The Morgan fingerprint density at radius 3 is 2.03 bits per heavy atom. The molecule has 2 saturated heterocycles. The van der Waals surface area contributed by atoms with Crippen molar-refractivity contribution < 1.29 is 18.0 Å². The van der Waals surface area contributed by atoms with Crippen molar-refractivity contribution >= 4 is 5.91 Å². The summed E-state index contributed by atoms with van der Waals surface area (Å²) in [5.41, 5.74) is 1.56. The zero-order valence-electron chi connectivity index (χ0n) is 19.5. The van der Waals surface area contributed by atoms with E-state index < -0.39 is 11.7 Å². The Morgan fingerprint density at radius 2 is 1.43 bits per heavy atom. The van der Waals surface area contributed by atoms with Crippen molar-refractivity contribution in [1.29, 1.82) is 0 Å². The van der Waals surface area contributed by atoms with Gasteiger partial charge in [0.2, 0.25) is 0 Å². The van der Waals surface area contributed by atoms with E-state index >= 15 is 0 Å². The van der Waals surface area contributed by atoms with Crippen LogP contribution in [0.2, 0.25) is 0 Å². The topological polar surface area (TPSA) is 23.6 Å². The predicted octanol–water partition coefficient (Wildman–Crippen LogP) is 6.54. The zero-order chi connectivity index (χ0) is 24.4. The van der Waals surface area contributed by atoms with Gasteiger partial charge in [0, 0.05) is 36.8 Å². The molecule has 0 N–H and O–H groups in total. The lowest BCUT2D eigenvalue weighted by Crippen LogP contribution is -2.51. The van der Waals surface area contributed by atoms with E-state index in [9.17, 15) is 18.0 Å². The molecule has 6 heteroatoms. The highest BCUT2D eigenvalue weighted by Crippen LogP contribution is 2.39. The molecule has 2 fully saturated rings. The normalized spacial score (nSPS) is 22.2. The van der Waals surface area contributed by atoms with E-state index in [1.165, 1.54) is 17.7 Å². The van der Waals surface area contributed by atoms with Gasteiger partial charge < -0.3 is 4.90 Å². The maximum Gasteiger partial charge on any atom is 0.416 e. The van der Waals surface area contributed by atoms with Crippen molar-refractivity contribution in [3.8, 4) is 0 Å². The molecule has 2 heterocycles. The SMILES string of the molecule is O=C(c1cccc(C(F)(F)F)c1)N(Cc1ccccc1)C1CC2CCC(C1)N2Cc1ccccc1. The van der Waals surface area contributed by atoms with Gasteiger partial charge in [0.1, 0.15) is 0 Å². The number of nitrogens with zero attached hydrogens (tertiary/aromatic N) is 2. The predicted molar refractivity (Wildman–Crippen MR) is 130 cm³/mol. The van der Waals surface area contributed by atoms with Gasteiger partial charge in [-0.1, -0.05) is 66.7 Å². The summed E-state index contributed by atoms with van der Waals surface area (Å²) >= 11 is 0. The molecule has 2 aliphatic heterocycles. The van der Waals surface area contributed by atoms with E-state index in [1.54, 1.807) is 0 Å². The molecule has 182 valence electrons. The van der Waals surface area contributed by atoms with Crippen molar-refractivity contribution in [2.45, 2.75) is 63.1 Å². The minimum atomic E-state index is -4.48. The molecule has 3 aromatic rings. The molecular weight excluding hydrogens is 449 g/mol. The minimum Gasteiger partial charge on any atom is -0.331 e. The third-order valence-corrected chi connectivity index (χ3v) is 7.40. The average molecular weight is 479 g/mol. The molecule has 0 aromatic heterocycles. The number of carbonyl (C=O) groups excluding carboxylic acids is 1. The largest absolute Gasteiger partial charge is 0.416 e. The van der Waals surface area contributed by atoms with Crippen molar-refractivity contribution in [2.24, 2.45) is 0 Å². The van der Waals surface area contributed by atoms with Crippen LogP contribution in [0.4, 0.5) is 13.2 Å². The first-order chi connectivity index (χ1) is 16.9. The smallest absolute Gasteiger partial charge is 0.331 e. The second-order valence-corrected chi connectivity index (χ2v) is 9.67. The summed E-state index contributed by atoms with van der Waals surface area (Å²) in [6.07, 6.45) is -0.639. The van der Waals surface area contributed by atoms with Crippen molar-refractivity contribution in [2.75, 3.05) is 0 Å². The number of benzene rings is 3. The number of carbonyl (C=O) groups is 1. The molecule has 2 atom stereocenters. The summed E-state index contributed by atoms with van der Waals surface area (Å²) in [5, 5.41) is 0. The molecule has 2 aliphatic rings. The molecule has 3 nitrogen and oxygen atoms in total. The molecule has 35 heavy (non-hydrogen) atoms. The van der Waals surface area contributed by atoms with Gasteiger partial charge in [-0.25, -0.2) is 0 Å². The lowest BCUT2D eigenvalue weighted by Gasteiger charge is -2.43. The number of piperidine rings is 1. The molecule has 5 rings (SSSR count). The standard InChI is InChI=1S/C29H29F3N2O/c30-29(31,32)24-13-7-12-23(16-24)28(35)34(20-22-10-5-2-6-11-22)27-17-25-14-15-26(18-27)33(25)19-21-8-3-1-4-9-21/h1-13,16,25-27H,14-15,17-20H2. The van der Waals surface area contributed by atoms with Gasteiger partial charge in [0.05, 0.1) is 5.56 Å². The van der Waals surface area contributed by atoms with Crippen LogP contribution in [-0.2, 0) is 19.3 Å². The van der Waals surface area contributed by atoms with Crippen LogP contribution in [0, 0.1) is 0 Å². The monoisotopic (exact) mass is 478 g/mol. The summed E-state index contributed by atoms with van der Waals surface area (Å²) in [6, 6.07) is 25.7. The second kappa shape index (κ2) is 9.86. The fraction of sp³-hybridized carbons (Fsp3) is 0.345. The fourth-order valence-corrected chi connectivity index (χ4v) is 5.69. The third kappa shape index (κ3) is 5.27. The van der Waals surface area contributed by atoms with Gasteiger partial charge in [0.15, 0.2) is 0 Å². The van der Waals surface area contributed by atoms with Gasteiger partial charge in [-0.3, -0.25) is 9.69 Å². The van der Waals surface area contributed by atoms with Crippen molar-refractivity contribution in [1.82, 2.24) is 9.80 Å². The Morgan fingerprint density at radius 1 is 0.829 bits per heavy atom. The third-order valence-electron chi connectivity index (χ3n) is 7.40. The maximum atomic E-state index is 13.7. The van der Waals surface area contributed by atoms with Crippen LogP contribution < -0.4 is 0 Å². The van der Waals surface area contributed by atoms with Crippen molar-refractivity contribution in [3.05, 3.63) is 107 Å². The molecule has 0 radical (unpaired) electrons. The summed E-state index contributed by atoms with van der Waals surface area (Å²) in [6.45, 7) is 1.28. The number of fused-ring (bicyclic) bond motifs is 2. The Balaban J connectivity index is 1.40. The summed E-state index contributed by atoms with van der Waals surface area (Å²) in [4.78, 5) is 18.1. The van der Waals surface area contributed by atoms with Crippen LogP contribution in [0.15, 0.2) is 84.9 Å². The zero-order valence-corrected chi connectivity index (χ0v) is 19.5. The molecule has 1 amide bonds. The minimum absolute atomic E-state index is 0.0122. The van der Waals surface area contributed by atoms with Gasteiger partial charge >= 0.3 is 6.18 Å². The van der Waals surface area contributed by atoms with Crippen LogP contribution in [0.1, 0.15) is 52.7 Å².